The first-order valence-corrected chi connectivity index (χ1v) is 13.8. The summed E-state index contributed by atoms with van der Waals surface area (Å²) in [7, 11) is -9.23. The molecular formula is C20H23N5O10P2. The number of ether oxygens (including phenoxy) is 1. The van der Waals surface area contributed by atoms with Gasteiger partial charge in [0.2, 0.25) is 0 Å². The van der Waals surface area contributed by atoms with E-state index in [1.54, 1.807) is 28.8 Å². The molecule has 3 atom stereocenters. The predicted octanol–water partition coefficient (Wildman–Crippen LogP) is 0.657. The van der Waals surface area contributed by atoms with Crippen LogP contribution in [0.5, 0.6) is 0 Å². The van der Waals surface area contributed by atoms with Crippen LogP contribution >= 0.6 is 15.6 Å². The van der Waals surface area contributed by atoms with E-state index < -0.39 is 40.7 Å². The fraction of sp³-hybridized carbons (Fsp3) is 0.350. The quantitative estimate of drug-likeness (QED) is 0.158. The highest BCUT2D eigenvalue weighted by Gasteiger charge is 2.37. The summed E-state index contributed by atoms with van der Waals surface area (Å²) >= 11 is 0. The van der Waals surface area contributed by atoms with Crippen molar-refractivity contribution in [1.29, 1.82) is 0 Å². The van der Waals surface area contributed by atoms with E-state index in [2.05, 4.69) is 41.2 Å². The van der Waals surface area contributed by atoms with Crippen LogP contribution in [0.2, 0.25) is 0 Å². The maximum absolute atomic E-state index is 10.9. The van der Waals surface area contributed by atoms with Crippen LogP contribution in [0.4, 0.5) is 5.82 Å². The van der Waals surface area contributed by atoms with E-state index in [0.717, 1.165) is 0 Å². The molecule has 0 saturated carbocycles. The van der Waals surface area contributed by atoms with Gasteiger partial charge in [0.05, 0.1) is 32.2 Å². The lowest BCUT2D eigenvalue weighted by molar-refractivity contribution is -0.0424. The van der Waals surface area contributed by atoms with Crippen LogP contribution in [-0.4, -0.2) is 69.6 Å². The summed E-state index contributed by atoms with van der Waals surface area (Å²) in [6.45, 7) is -0.468. The zero-order valence-corrected chi connectivity index (χ0v) is 20.8. The lowest BCUT2D eigenvalue weighted by Gasteiger charge is -2.16. The summed E-state index contributed by atoms with van der Waals surface area (Å²) in [5.74, 6) is 6.32. The number of aromatic nitrogens is 4. The normalized spacial score (nSPS) is 20.1. The monoisotopic (exact) mass is 555 g/mol. The molecule has 1 aromatic carbocycles. The second kappa shape index (κ2) is 11.3. The third kappa shape index (κ3) is 7.64. The molecule has 3 aromatic rings. The fourth-order valence-corrected chi connectivity index (χ4v) is 4.17. The van der Waals surface area contributed by atoms with Gasteiger partial charge in [0, 0.05) is 12.0 Å². The van der Waals surface area contributed by atoms with Gasteiger partial charge in [-0.2, -0.15) is 0 Å². The SMILES string of the molecule is O=P(O)(O)OCc1ccc(C#CCNc2ncnc3c2ncn3[C@H]2C[C@H](O)[C@@H](COP(=O)(O)O)O2)cc1. The Bertz CT molecular complexity index is 1390. The molecule has 0 bridgehead atoms. The highest BCUT2D eigenvalue weighted by Crippen LogP contribution is 2.39. The number of anilines is 1. The Morgan fingerprint density at radius 3 is 2.51 bits per heavy atom. The average Bonchev–Trinajstić information content (AvgIpc) is 3.42. The molecule has 1 fully saturated rings. The van der Waals surface area contributed by atoms with Crippen LogP contribution < -0.4 is 5.32 Å². The van der Waals surface area contributed by atoms with E-state index in [1.165, 1.54) is 12.7 Å². The van der Waals surface area contributed by atoms with E-state index in [-0.39, 0.29) is 19.6 Å². The van der Waals surface area contributed by atoms with Gasteiger partial charge in [0.25, 0.3) is 0 Å². The Labute approximate surface area is 209 Å². The zero-order chi connectivity index (χ0) is 26.6. The Morgan fingerprint density at radius 2 is 1.81 bits per heavy atom. The van der Waals surface area contributed by atoms with Crippen LogP contribution in [0.3, 0.4) is 0 Å². The van der Waals surface area contributed by atoms with Gasteiger partial charge in [0.1, 0.15) is 18.7 Å². The lowest BCUT2D eigenvalue weighted by atomic mass is 10.1. The summed E-state index contributed by atoms with van der Waals surface area (Å²) in [5, 5.41) is 13.3. The minimum Gasteiger partial charge on any atom is -0.390 e. The van der Waals surface area contributed by atoms with Gasteiger partial charge >= 0.3 is 15.6 Å². The Hall–Kier alpha value is -2.73. The van der Waals surface area contributed by atoms with E-state index in [0.29, 0.717) is 28.1 Å². The maximum Gasteiger partial charge on any atom is 0.469 e. The number of phosphoric acid groups is 2. The molecule has 1 aliphatic rings. The van der Waals surface area contributed by atoms with Crippen LogP contribution in [0.15, 0.2) is 36.9 Å². The second-order valence-corrected chi connectivity index (χ2v) is 10.4. The van der Waals surface area contributed by atoms with Crippen LogP contribution in [0.1, 0.15) is 23.8 Å². The molecule has 3 heterocycles. The first-order valence-electron chi connectivity index (χ1n) is 10.7. The summed E-state index contributed by atoms with van der Waals surface area (Å²) in [6.07, 6.45) is 0.326. The molecule has 0 aliphatic carbocycles. The van der Waals surface area contributed by atoms with E-state index in [4.69, 9.17) is 24.3 Å². The Kier molecular flexibility index (Phi) is 8.37. The molecule has 198 valence electrons. The largest absolute Gasteiger partial charge is 0.469 e. The number of hydrogen-bond donors (Lipinski definition) is 6. The molecule has 0 spiro atoms. The third-order valence-corrected chi connectivity index (χ3v) is 6.16. The molecule has 1 saturated heterocycles. The number of fused-ring (bicyclic) bond motifs is 1. The summed E-state index contributed by atoms with van der Waals surface area (Å²) < 4.78 is 37.9. The molecule has 37 heavy (non-hydrogen) atoms. The summed E-state index contributed by atoms with van der Waals surface area (Å²) in [5.41, 5.74) is 2.14. The number of nitrogens with zero attached hydrogens (tertiary/aromatic N) is 4. The van der Waals surface area contributed by atoms with Crippen molar-refractivity contribution >= 4 is 32.6 Å². The van der Waals surface area contributed by atoms with Gasteiger partial charge in [-0.1, -0.05) is 24.0 Å². The average molecular weight is 555 g/mol. The topological polar surface area (TPSA) is 219 Å². The first-order chi connectivity index (χ1) is 17.5. The minimum absolute atomic E-state index is 0.142. The molecule has 2 aromatic heterocycles. The minimum atomic E-state index is -4.70. The van der Waals surface area contributed by atoms with Gasteiger partial charge < -0.3 is 34.7 Å². The Morgan fingerprint density at radius 1 is 1.08 bits per heavy atom. The van der Waals surface area contributed by atoms with Gasteiger partial charge in [-0.3, -0.25) is 13.6 Å². The van der Waals surface area contributed by atoms with Crippen molar-refractivity contribution in [1.82, 2.24) is 19.5 Å². The third-order valence-electron chi connectivity index (χ3n) is 5.21. The smallest absolute Gasteiger partial charge is 0.390 e. The number of phosphoric ester groups is 2. The number of hydrogen-bond acceptors (Lipinski definition) is 10. The van der Waals surface area contributed by atoms with Crippen molar-refractivity contribution in [3.05, 3.63) is 48.0 Å². The van der Waals surface area contributed by atoms with Crippen LogP contribution in [-0.2, 0) is 29.5 Å². The molecule has 0 amide bonds. The van der Waals surface area contributed by atoms with E-state index in [1.807, 2.05) is 0 Å². The second-order valence-electron chi connectivity index (χ2n) is 7.88. The van der Waals surface area contributed by atoms with Crippen molar-refractivity contribution in [2.45, 2.75) is 31.5 Å². The molecule has 6 N–H and O–H groups in total. The van der Waals surface area contributed by atoms with Crippen LogP contribution in [0.25, 0.3) is 11.2 Å². The molecule has 1 aliphatic heterocycles. The van der Waals surface area contributed by atoms with E-state index >= 15 is 0 Å². The molecule has 0 radical (unpaired) electrons. The Balaban J connectivity index is 1.37. The van der Waals surface area contributed by atoms with Crippen molar-refractivity contribution in [3.8, 4) is 11.8 Å². The van der Waals surface area contributed by atoms with Crippen molar-refractivity contribution in [2.75, 3.05) is 18.5 Å². The molecule has 17 heteroatoms. The fourth-order valence-electron chi connectivity index (χ4n) is 3.52. The van der Waals surface area contributed by atoms with Crippen molar-refractivity contribution in [2.24, 2.45) is 0 Å². The van der Waals surface area contributed by atoms with Crippen molar-refractivity contribution in [3.63, 3.8) is 0 Å². The number of rotatable bonds is 9. The molecular weight excluding hydrogens is 532 g/mol. The molecule has 15 nitrogen and oxygen atoms in total. The molecule has 4 rings (SSSR count). The zero-order valence-electron chi connectivity index (χ0n) is 19.0. The highest BCUT2D eigenvalue weighted by molar-refractivity contribution is 7.46. The van der Waals surface area contributed by atoms with Gasteiger partial charge in [0.15, 0.2) is 17.0 Å². The predicted molar refractivity (Wildman–Crippen MR) is 126 cm³/mol. The van der Waals surface area contributed by atoms with Gasteiger partial charge in [-0.05, 0) is 17.7 Å². The summed E-state index contributed by atoms with van der Waals surface area (Å²) in [6, 6.07) is 6.70. The molecule has 0 unspecified atom stereocenters. The van der Waals surface area contributed by atoms with Gasteiger partial charge in [-0.25, -0.2) is 24.1 Å². The number of aliphatic hydroxyl groups excluding tert-OH is 1. The number of benzene rings is 1. The van der Waals surface area contributed by atoms with Gasteiger partial charge in [-0.15, -0.1) is 0 Å². The summed E-state index contributed by atoms with van der Waals surface area (Å²) in [4.78, 5) is 48.0. The number of nitrogens with one attached hydrogen (secondary N) is 1. The van der Waals surface area contributed by atoms with Crippen LogP contribution in [0, 0.1) is 11.8 Å². The standard InChI is InChI=1S/C20H23N5O10P2/c26-15-8-17(35-16(15)10-34-37(30,31)32)25-12-24-18-19(22-11-23-20(18)25)21-7-1-2-13-3-5-14(6-4-13)9-33-36(27,28)29/h3-6,11-12,15-17,26H,7-10H2,(H,21,22,23)(H2,27,28,29)(H2,30,31,32)/t15-,16+,17+/m0/s1. The highest BCUT2D eigenvalue weighted by atomic mass is 31.2. The maximum atomic E-state index is 10.9. The number of imidazole rings is 1. The number of aliphatic hydroxyl groups is 1. The lowest BCUT2D eigenvalue weighted by Crippen LogP contribution is -2.25. The first kappa shape index (κ1) is 27.3. The van der Waals surface area contributed by atoms with E-state index in [9.17, 15) is 14.2 Å². The van der Waals surface area contributed by atoms with Crippen molar-refractivity contribution < 1.29 is 47.6 Å².